The van der Waals surface area contributed by atoms with Crippen molar-refractivity contribution in [1.29, 1.82) is 0 Å². The molecule has 0 aromatic heterocycles. The standard InChI is InChI=1S/C16H32.CH4/c1-3-5-7-9-11-13-15-16-14-12-10-8-6-4-2;/h9,11H,3-8,10,12-16H2,1-2H3;1H4. The van der Waals surface area contributed by atoms with E-state index in [1.165, 1.54) is 77.0 Å². The summed E-state index contributed by atoms with van der Waals surface area (Å²) in [5.41, 5.74) is 0. The van der Waals surface area contributed by atoms with Crippen molar-refractivity contribution >= 4 is 0 Å². The van der Waals surface area contributed by atoms with Crippen molar-refractivity contribution < 1.29 is 0 Å². The molecular formula is C17H36. The first-order valence-corrected chi connectivity index (χ1v) is 7.56. The Morgan fingerprint density at radius 1 is 0.529 bits per heavy atom. The van der Waals surface area contributed by atoms with E-state index in [-0.39, 0.29) is 7.43 Å². The van der Waals surface area contributed by atoms with Gasteiger partial charge in [-0.2, -0.15) is 0 Å². The maximum absolute atomic E-state index is 2.38. The molecule has 0 heteroatoms. The van der Waals surface area contributed by atoms with Crippen molar-refractivity contribution in [3.05, 3.63) is 12.2 Å². The van der Waals surface area contributed by atoms with Crippen LogP contribution in [0.25, 0.3) is 0 Å². The molecule has 0 aliphatic heterocycles. The molecule has 0 saturated heterocycles. The minimum absolute atomic E-state index is 0. The van der Waals surface area contributed by atoms with Crippen molar-refractivity contribution in [1.82, 2.24) is 0 Å². The smallest absolute Gasteiger partial charge is 0.0351 e. The van der Waals surface area contributed by atoms with E-state index in [0.29, 0.717) is 0 Å². The van der Waals surface area contributed by atoms with Gasteiger partial charge < -0.3 is 0 Å². The van der Waals surface area contributed by atoms with Gasteiger partial charge >= 0.3 is 0 Å². The Hall–Kier alpha value is -0.260. The van der Waals surface area contributed by atoms with Crippen LogP contribution >= 0.6 is 0 Å². The lowest BCUT2D eigenvalue weighted by molar-refractivity contribution is 0.577. The second kappa shape index (κ2) is 18.1. The molecule has 0 saturated carbocycles. The predicted molar refractivity (Wildman–Crippen MR) is 82.6 cm³/mol. The van der Waals surface area contributed by atoms with Crippen LogP contribution in [0.3, 0.4) is 0 Å². The normalized spacial score (nSPS) is 10.7. The van der Waals surface area contributed by atoms with Gasteiger partial charge in [-0.25, -0.2) is 0 Å². The second-order valence-corrected chi connectivity index (χ2v) is 4.88. The van der Waals surface area contributed by atoms with Gasteiger partial charge in [-0.05, 0) is 19.3 Å². The van der Waals surface area contributed by atoms with E-state index in [9.17, 15) is 0 Å². The lowest BCUT2D eigenvalue weighted by atomic mass is 10.1. The summed E-state index contributed by atoms with van der Waals surface area (Å²) in [6.07, 6.45) is 21.5. The van der Waals surface area contributed by atoms with E-state index in [4.69, 9.17) is 0 Å². The fourth-order valence-corrected chi connectivity index (χ4v) is 1.95. The van der Waals surface area contributed by atoms with E-state index in [1.54, 1.807) is 0 Å². The SMILES string of the molecule is C.CCCCC=CCCCCCCCCCC. The van der Waals surface area contributed by atoms with E-state index in [0.717, 1.165) is 0 Å². The van der Waals surface area contributed by atoms with Crippen molar-refractivity contribution in [2.24, 2.45) is 0 Å². The van der Waals surface area contributed by atoms with Gasteiger partial charge in [0.15, 0.2) is 0 Å². The van der Waals surface area contributed by atoms with Crippen molar-refractivity contribution in [2.45, 2.75) is 98.3 Å². The van der Waals surface area contributed by atoms with Crippen molar-refractivity contribution in [3.8, 4) is 0 Å². The maximum atomic E-state index is 2.38. The summed E-state index contributed by atoms with van der Waals surface area (Å²) < 4.78 is 0. The Morgan fingerprint density at radius 3 is 1.47 bits per heavy atom. The summed E-state index contributed by atoms with van der Waals surface area (Å²) in [7, 11) is 0. The first-order valence-electron chi connectivity index (χ1n) is 7.56. The number of hydrogen-bond acceptors (Lipinski definition) is 0. The van der Waals surface area contributed by atoms with E-state index >= 15 is 0 Å². The number of allylic oxidation sites excluding steroid dienone is 2. The zero-order valence-electron chi connectivity index (χ0n) is 11.6. The molecule has 0 aromatic rings. The minimum atomic E-state index is 0. The van der Waals surface area contributed by atoms with E-state index in [2.05, 4.69) is 26.0 Å². The van der Waals surface area contributed by atoms with Gasteiger partial charge in [0, 0.05) is 0 Å². The molecule has 0 spiro atoms. The first-order chi connectivity index (χ1) is 7.91. The topological polar surface area (TPSA) is 0 Å². The third-order valence-corrected chi connectivity index (χ3v) is 3.12. The Kier molecular flexibility index (Phi) is 20.3. The largest absolute Gasteiger partial charge is 0.0885 e. The molecule has 0 N–H and O–H groups in total. The van der Waals surface area contributed by atoms with Crippen molar-refractivity contribution in [3.63, 3.8) is 0 Å². The third kappa shape index (κ3) is 18.3. The Morgan fingerprint density at radius 2 is 0.941 bits per heavy atom. The summed E-state index contributed by atoms with van der Waals surface area (Å²) in [4.78, 5) is 0. The molecule has 0 amide bonds. The Balaban J connectivity index is 0. The van der Waals surface area contributed by atoms with E-state index < -0.39 is 0 Å². The molecule has 0 atom stereocenters. The van der Waals surface area contributed by atoms with Gasteiger partial charge in [0.2, 0.25) is 0 Å². The van der Waals surface area contributed by atoms with Crippen LogP contribution in [-0.2, 0) is 0 Å². The molecule has 0 fully saturated rings. The quantitative estimate of drug-likeness (QED) is 0.257. The predicted octanol–water partition coefficient (Wildman–Crippen LogP) is 6.90. The highest BCUT2D eigenvalue weighted by Gasteiger charge is 1.90. The molecule has 0 heterocycles. The zero-order valence-corrected chi connectivity index (χ0v) is 11.6. The highest BCUT2D eigenvalue weighted by Crippen LogP contribution is 2.09. The van der Waals surface area contributed by atoms with Crippen LogP contribution < -0.4 is 0 Å². The monoisotopic (exact) mass is 240 g/mol. The highest BCUT2D eigenvalue weighted by molar-refractivity contribution is 4.80. The average molecular weight is 240 g/mol. The fraction of sp³-hybridized carbons (Fsp3) is 0.882. The van der Waals surface area contributed by atoms with Gasteiger partial charge in [0.25, 0.3) is 0 Å². The molecule has 0 rings (SSSR count). The molecule has 104 valence electrons. The molecule has 0 aromatic carbocycles. The number of unbranched alkanes of at least 4 members (excludes halogenated alkanes) is 10. The number of hydrogen-bond donors (Lipinski definition) is 0. The summed E-state index contributed by atoms with van der Waals surface area (Å²) in [5.74, 6) is 0. The van der Waals surface area contributed by atoms with Crippen LogP contribution in [-0.4, -0.2) is 0 Å². The van der Waals surface area contributed by atoms with Crippen LogP contribution in [0.5, 0.6) is 0 Å². The zero-order chi connectivity index (χ0) is 11.9. The molecule has 0 aliphatic rings. The molecule has 0 unspecified atom stereocenters. The van der Waals surface area contributed by atoms with Crippen molar-refractivity contribution in [2.75, 3.05) is 0 Å². The van der Waals surface area contributed by atoms with Crippen LogP contribution in [0, 0.1) is 0 Å². The fourth-order valence-electron chi connectivity index (χ4n) is 1.95. The maximum Gasteiger partial charge on any atom is -0.0351 e. The third-order valence-electron chi connectivity index (χ3n) is 3.12. The van der Waals surface area contributed by atoms with Crippen LogP contribution in [0.4, 0.5) is 0 Å². The molecule has 0 nitrogen and oxygen atoms in total. The van der Waals surface area contributed by atoms with Gasteiger partial charge in [0.05, 0.1) is 0 Å². The lowest BCUT2D eigenvalue weighted by Crippen LogP contribution is -1.80. The molecule has 0 aliphatic carbocycles. The average Bonchev–Trinajstić information content (AvgIpc) is 2.31. The highest BCUT2D eigenvalue weighted by atomic mass is 14.0. The minimum Gasteiger partial charge on any atom is -0.0885 e. The summed E-state index contributed by atoms with van der Waals surface area (Å²) >= 11 is 0. The first kappa shape index (κ1) is 19.1. The van der Waals surface area contributed by atoms with E-state index in [1.807, 2.05) is 0 Å². The van der Waals surface area contributed by atoms with Gasteiger partial charge in [-0.15, -0.1) is 0 Å². The lowest BCUT2D eigenvalue weighted by Gasteiger charge is -1.99. The van der Waals surface area contributed by atoms with Gasteiger partial charge in [-0.3, -0.25) is 0 Å². The molecular weight excluding hydrogens is 204 g/mol. The summed E-state index contributed by atoms with van der Waals surface area (Å²) in [6.45, 7) is 4.54. The van der Waals surface area contributed by atoms with Gasteiger partial charge in [-0.1, -0.05) is 91.2 Å². The van der Waals surface area contributed by atoms with Crippen LogP contribution in [0.2, 0.25) is 0 Å². The summed E-state index contributed by atoms with van der Waals surface area (Å²) in [5, 5.41) is 0. The molecule has 17 heavy (non-hydrogen) atoms. The second-order valence-electron chi connectivity index (χ2n) is 4.88. The Labute approximate surface area is 111 Å². The molecule has 0 bridgehead atoms. The molecule has 0 radical (unpaired) electrons. The van der Waals surface area contributed by atoms with Crippen LogP contribution in [0.15, 0.2) is 12.2 Å². The Bertz CT molecular complexity index is 135. The van der Waals surface area contributed by atoms with Gasteiger partial charge in [0.1, 0.15) is 0 Å². The van der Waals surface area contributed by atoms with Crippen LogP contribution in [0.1, 0.15) is 98.3 Å². The summed E-state index contributed by atoms with van der Waals surface area (Å²) in [6, 6.07) is 0. The number of rotatable bonds is 12.